The molecule has 0 saturated carbocycles. The Kier molecular flexibility index (Phi) is 4.48. The standard InChI is InChI=1S/C18H26N2O3/c1-12(13-9-19-10-13)17(21)20-11-18(2,3)14-4-5-15-16(8-14)23-7-6-22-15/h4-5,8,12-13,19H,6-7,9-11H2,1-3H3,(H,20,21). The van der Waals surface area contributed by atoms with Crippen molar-refractivity contribution in [2.45, 2.75) is 26.2 Å². The van der Waals surface area contributed by atoms with Crippen LogP contribution >= 0.6 is 0 Å². The number of fused-ring (bicyclic) bond motifs is 1. The van der Waals surface area contributed by atoms with Crippen LogP contribution in [0, 0.1) is 11.8 Å². The predicted octanol–water partition coefficient (Wildman–Crippen LogP) is 1.71. The third-order valence-corrected chi connectivity index (χ3v) is 4.96. The average molecular weight is 318 g/mol. The molecule has 3 rings (SSSR count). The maximum absolute atomic E-state index is 12.3. The molecule has 2 N–H and O–H groups in total. The lowest BCUT2D eigenvalue weighted by molar-refractivity contribution is -0.126. The van der Waals surface area contributed by atoms with Gasteiger partial charge in [-0.15, -0.1) is 0 Å². The molecule has 0 spiro atoms. The van der Waals surface area contributed by atoms with Gasteiger partial charge < -0.3 is 20.1 Å². The van der Waals surface area contributed by atoms with Crippen LogP contribution < -0.4 is 20.1 Å². The van der Waals surface area contributed by atoms with Crippen molar-refractivity contribution in [1.29, 1.82) is 0 Å². The molecular weight excluding hydrogens is 292 g/mol. The lowest BCUT2D eigenvalue weighted by atomic mass is 9.83. The molecule has 0 radical (unpaired) electrons. The fraction of sp³-hybridized carbons (Fsp3) is 0.611. The fourth-order valence-corrected chi connectivity index (χ4v) is 2.91. The van der Waals surface area contributed by atoms with E-state index < -0.39 is 0 Å². The second-order valence-electron chi connectivity index (χ2n) is 7.17. The van der Waals surface area contributed by atoms with Gasteiger partial charge in [0, 0.05) is 17.9 Å². The second kappa shape index (κ2) is 6.40. The van der Waals surface area contributed by atoms with Gasteiger partial charge in [0.2, 0.25) is 5.91 Å². The van der Waals surface area contributed by atoms with Gasteiger partial charge in [-0.1, -0.05) is 26.8 Å². The van der Waals surface area contributed by atoms with Gasteiger partial charge in [0.05, 0.1) is 0 Å². The minimum atomic E-state index is -0.164. The zero-order valence-corrected chi connectivity index (χ0v) is 14.1. The molecule has 1 amide bonds. The van der Waals surface area contributed by atoms with Gasteiger partial charge in [0.25, 0.3) is 0 Å². The minimum absolute atomic E-state index is 0.0623. The van der Waals surface area contributed by atoms with E-state index in [1.807, 2.05) is 19.1 Å². The molecular formula is C18H26N2O3. The Labute approximate surface area is 137 Å². The summed E-state index contributed by atoms with van der Waals surface area (Å²) in [7, 11) is 0. The van der Waals surface area contributed by atoms with Gasteiger partial charge in [-0.05, 0) is 36.7 Å². The first kappa shape index (κ1) is 16.1. The van der Waals surface area contributed by atoms with Crippen LogP contribution in [0.4, 0.5) is 0 Å². The smallest absolute Gasteiger partial charge is 0.223 e. The summed E-state index contributed by atoms with van der Waals surface area (Å²) in [6, 6.07) is 6.04. The molecule has 126 valence electrons. The van der Waals surface area contributed by atoms with Crippen LogP contribution in [0.5, 0.6) is 11.5 Å². The van der Waals surface area contributed by atoms with E-state index in [1.165, 1.54) is 0 Å². The summed E-state index contributed by atoms with van der Waals surface area (Å²) in [6.45, 7) is 9.96. The summed E-state index contributed by atoms with van der Waals surface area (Å²) in [5.74, 6) is 2.26. The van der Waals surface area contributed by atoms with Crippen LogP contribution in [-0.2, 0) is 10.2 Å². The first-order chi connectivity index (χ1) is 11.0. The van der Waals surface area contributed by atoms with Crippen molar-refractivity contribution < 1.29 is 14.3 Å². The molecule has 1 unspecified atom stereocenters. The molecule has 23 heavy (non-hydrogen) atoms. The molecule has 1 saturated heterocycles. The van der Waals surface area contributed by atoms with Gasteiger partial charge in [-0.25, -0.2) is 0 Å². The summed E-state index contributed by atoms with van der Waals surface area (Å²) in [5, 5.41) is 6.33. The fourth-order valence-electron chi connectivity index (χ4n) is 2.91. The molecule has 5 nitrogen and oxygen atoms in total. The van der Waals surface area contributed by atoms with Crippen molar-refractivity contribution in [2.24, 2.45) is 11.8 Å². The number of carbonyl (C=O) groups is 1. The summed E-state index contributed by atoms with van der Waals surface area (Å²) in [4.78, 5) is 12.3. The molecule has 2 aliphatic rings. The topological polar surface area (TPSA) is 59.6 Å². The zero-order valence-electron chi connectivity index (χ0n) is 14.1. The van der Waals surface area contributed by atoms with E-state index in [0.29, 0.717) is 25.7 Å². The van der Waals surface area contributed by atoms with E-state index in [9.17, 15) is 4.79 Å². The maximum Gasteiger partial charge on any atom is 0.223 e. The summed E-state index contributed by atoms with van der Waals surface area (Å²) in [6.07, 6.45) is 0. The number of hydrogen-bond acceptors (Lipinski definition) is 4. The number of hydrogen-bond donors (Lipinski definition) is 2. The number of rotatable bonds is 5. The lowest BCUT2D eigenvalue weighted by Crippen LogP contribution is -2.50. The lowest BCUT2D eigenvalue weighted by Gasteiger charge is -2.33. The van der Waals surface area contributed by atoms with E-state index in [1.54, 1.807) is 0 Å². The molecule has 2 heterocycles. The first-order valence-corrected chi connectivity index (χ1v) is 8.36. The van der Waals surface area contributed by atoms with Crippen LogP contribution in [0.1, 0.15) is 26.3 Å². The van der Waals surface area contributed by atoms with Crippen molar-refractivity contribution in [1.82, 2.24) is 10.6 Å². The molecule has 0 aliphatic carbocycles. The third-order valence-electron chi connectivity index (χ3n) is 4.96. The Balaban J connectivity index is 1.63. The summed E-state index contributed by atoms with van der Waals surface area (Å²) >= 11 is 0. The van der Waals surface area contributed by atoms with E-state index in [2.05, 4.69) is 30.5 Å². The molecule has 0 aromatic heterocycles. The summed E-state index contributed by atoms with van der Waals surface area (Å²) < 4.78 is 11.2. The molecule has 1 aromatic carbocycles. The summed E-state index contributed by atoms with van der Waals surface area (Å²) in [5.41, 5.74) is 0.975. The van der Waals surface area contributed by atoms with E-state index in [-0.39, 0.29) is 17.2 Å². The first-order valence-electron chi connectivity index (χ1n) is 8.36. The normalized spacial score (nSPS) is 18.9. The van der Waals surface area contributed by atoms with Gasteiger partial charge in [-0.2, -0.15) is 0 Å². The van der Waals surface area contributed by atoms with Crippen molar-refractivity contribution in [3.05, 3.63) is 23.8 Å². The molecule has 2 aliphatic heterocycles. The quantitative estimate of drug-likeness (QED) is 0.868. The SMILES string of the molecule is CC(C(=O)NCC(C)(C)c1ccc2c(c1)OCCO2)C1CNC1. The monoisotopic (exact) mass is 318 g/mol. The number of carbonyl (C=O) groups excluding carboxylic acids is 1. The van der Waals surface area contributed by atoms with E-state index >= 15 is 0 Å². The largest absolute Gasteiger partial charge is 0.486 e. The number of amides is 1. The number of ether oxygens (including phenoxy) is 2. The van der Waals surface area contributed by atoms with Gasteiger partial charge >= 0.3 is 0 Å². The van der Waals surface area contributed by atoms with Crippen LogP contribution in [0.2, 0.25) is 0 Å². The van der Waals surface area contributed by atoms with Crippen molar-refractivity contribution in [3.63, 3.8) is 0 Å². The Morgan fingerprint density at radius 3 is 2.65 bits per heavy atom. The Hall–Kier alpha value is -1.75. The van der Waals surface area contributed by atoms with Crippen LogP contribution in [-0.4, -0.2) is 38.8 Å². The third kappa shape index (κ3) is 3.44. The highest BCUT2D eigenvalue weighted by Gasteiger charge is 2.30. The van der Waals surface area contributed by atoms with Crippen molar-refractivity contribution >= 4 is 5.91 Å². The Bertz CT molecular complexity index is 582. The molecule has 1 fully saturated rings. The van der Waals surface area contributed by atoms with Gasteiger partial charge in [0.1, 0.15) is 13.2 Å². The van der Waals surface area contributed by atoms with Crippen LogP contribution in [0.25, 0.3) is 0 Å². The average Bonchev–Trinajstić information content (AvgIpc) is 2.50. The molecule has 1 atom stereocenters. The molecule has 5 heteroatoms. The zero-order chi connectivity index (χ0) is 16.4. The highest BCUT2D eigenvalue weighted by Crippen LogP contribution is 2.35. The molecule has 1 aromatic rings. The van der Waals surface area contributed by atoms with Gasteiger partial charge in [-0.3, -0.25) is 4.79 Å². The highest BCUT2D eigenvalue weighted by molar-refractivity contribution is 5.78. The van der Waals surface area contributed by atoms with Crippen LogP contribution in [0.15, 0.2) is 18.2 Å². The Morgan fingerprint density at radius 1 is 1.30 bits per heavy atom. The minimum Gasteiger partial charge on any atom is -0.486 e. The van der Waals surface area contributed by atoms with Crippen molar-refractivity contribution in [2.75, 3.05) is 32.8 Å². The Morgan fingerprint density at radius 2 is 2.00 bits per heavy atom. The van der Waals surface area contributed by atoms with Crippen molar-refractivity contribution in [3.8, 4) is 11.5 Å². The van der Waals surface area contributed by atoms with Crippen LogP contribution in [0.3, 0.4) is 0 Å². The highest BCUT2D eigenvalue weighted by atomic mass is 16.6. The number of benzene rings is 1. The van der Waals surface area contributed by atoms with E-state index in [0.717, 1.165) is 30.2 Å². The molecule has 0 bridgehead atoms. The maximum atomic E-state index is 12.3. The predicted molar refractivity (Wildman–Crippen MR) is 89.0 cm³/mol. The van der Waals surface area contributed by atoms with Gasteiger partial charge in [0.15, 0.2) is 11.5 Å². The number of nitrogens with one attached hydrogen (secondary N) is 2. The van der Waals surface area contributed by atoms with E-state index in [4.69, 9.17) is 9.47 Å². The second-order valence-corrected chi connectivity index (χ2v) is 7.17.